The number of nitrogens with two attached hydrogens (primary N) is 1. The SMILES string of the molecule is CCOC(=O)c1cc(N)ccc1NCc1cnc(C)cn1. The second-order valence-electron chi connectivity index (χ2n) is 4.53. The van der Waals surface area contributed by atoms with Crippen molar-refractivity contribution in [2.24, 2.45) is 0 Å². The Balaban J connectivity index is 2.15. The van der Waals surface area contributed by atoms with Gasteiger partial charge in [0.2, 0.25) is 0 Å². The molecule has 0 aliphatic carbocycles. The van der Waals surface area contributed by atoms with Crippen LogP contribution in [0.2, 0.25) is 0 Å². The number of nitrogens with one attached hydrogen (secondary N) is 1. The van der Waals surface area contributed by atoms with Crippen LogP contribution in [-0.2, 0) is 11.3 Å². The molecule has 0 radical (unpaired) electrons. The number of carbonyl (C=O) groups is 1. The molecule has 2 aromatic rings. The fraction of sp³-hybridized carbons (Fsp3) is 0.267. The number of hydrogen-bond donors (Lipinski definition) is 2. The number of ether oxygens (including phenoxy) is 1. The van der Waals surface area contributed by atoms with Crippen molar-refractivity contribution in [1.82, 2.24) is 9.97 Å². The molecule has 0 unspecified atom stereocenters. The molecule has 0 bridgehead atoms. The van der Waals surface area contributed by atoms with Gasteiger partial charge < -0.3 is 15.8 Å². The van der Waals surface area contributed by atoms with Crippen LogP contribution in [-0.4, -0.2) is 22.5 Å². The van der Waals surface area contributed by atoms with Crippen LogP contribution in [0.15, 0.2) is 30.6 Å². The summed E-state index contributed by atoms with van der Waals surface area (Å²) in [6.07, 6.45) is 3.40. The van der Waals surface area contributed by atoms with Crippen molar-refractivity contribution in [2.45, 2.75) is 20.4 Å². The smallest absolute Gasteiger partial charge is 0.340 e. The number of hydrogen-bond acceptors (Lipinski definition) is 6. The van der Waals surface area contributed by atoms with E-state index in [1.807, 2.05) is 6.92 Å². The Morgan fingerprint density at radius 1 is 1.33 bits per heavy atom. The van der Waals surface area contributed by atoms with Gasteiger partial charge in [0.05, 0.1) is 36.3 Å². The third kappa shape index (κ3) is 3.92. The molecular formula is C15H18N4O2. The minimum absolute atomic E-state index is 0.316. The fourth-order valence-electron chi connectivity index (χ4n) is 1.79. The van der Waals surface area contributed by atoms with Crippen LogP contribution in [0.4, 0.5) is 11.4 Å². The van der Waals surface area contributed by atoms with E-state index < -0.39 is 5.97 Å². The third-order valence-electron chi connectivity index (χ3n) is 2.83. The molecule has 0 saturated carbocycles. The first-order chi connectivity index (χ1) is 10.1. The van der Waals surface area contributed by atoms with Gasteiger partial charge in [-0.3, -0.25) is 9.97 Å². The number of aryl methyl sites for hydroxylation is 1. The topological polar surface area (TPSA) is 90.1 Å². The summed E-state index contributed by atoms with van der Waals surface area (Å²) in [5.74, 6) is -0.401. The van der Waals surface area contributed by atoms with Crippen LogP contribution in [0.1, 0.15) is 28.7 Å². The molecule has 0 atom stereocenters. The summed E-state index contributed by atoms with van der Waals surface area (Å²) in [5, 5.41) is 3.16. The van der Waals surface area contributed by atoms with Crippen LogP contribution in [0, 0.1) is 6.92 Å². The molecule has 1 heterocycles. The van der Waals surface area contributed by atoms with Gasteiger partial charge in [-0.15, -0.1) is 0 Å². The van der Waals surface area contributed by atoms with Crippen molar-refractivity contribution in [3.8, 4) is 0 Å². The van der Waals surface area contributed by atoms with Gasteiger partial charge in [0.1, 0.15) is 0 Å². The molecule has 1 aromatic carbocycles. The fourth-order valence-corrected chi connectivity index (χ4v) is 1.79. The van der Waals surface area contributed by atoms with Crippen LogP contribution >= 0.6 is 0 Å². The molecule has 0 aliphatic heterocycles. The van der Waals surface area contributed by atoms with Crippen LogP contribution < -0.4 is 11.1 Å². The molecule has 21 heavy (non-hydrogen) atoms. The minimum Gasteiger partial charge on any atom is -0.462 e. The third-order valence-corrected chi connectivity index (χ3v) is 2.83. The number of benzene rings is 1. The maximum Gasteiger partial charge on any atom is 0.340 e. The van der Waals surface area contributed by atoms with E-state index in [0.29, 0.717) is 30.1 Å². The molecular weight excluding hydrogens is 268 g/mol. The molecule has 110 valence electrons. The highest BCUT2D eigenvalue weighted by Crippen LogP contribution is 2.20. The first kappa shape index (κ1) is 14.8. The van der Waals surface area contributed by atoms with Crippen LogP contribution in [0.3, 0.4) is 0 Å². The molecule has 3 N–H and O–H groups in total. The zero-order chi connectivity index (χ0) is 15.2. The molecule has 0 amide bonds. The van der Waals surface area contributed by atoms with Crippen molar-refractivity contribution in [1.29, 1.82) is 0 Å². The lowest BCUT2D eigenvalue weighted by Crippen LogP contribution is -2.11. The summed E-state index contributed by atoms with van der Waals surface area (Å²) in [4.78, 5) is 20.4. The zero-order valence-electron chi connectivity index (χ0n) is 12.1. The van der Waals surface area contributed by atoms with Gasteiger partial charge in [-0.05, 0) is 32.0 Å². The van der Waals surface area contributed by atoms with E-state index >= 15 is 0 Å². The number of nitrogens with zero attached hydrogens (tertiary/aromatic N) is 2. The largest absolute Gasteiger partial charge is 0.462 e. The first-order valence-electron chi connectivity index (χ1n) is 6.68. The normalized spacial score (nSPS) is 10.2. The zero-order valence-corrected chi connectivity index (χ0v) is 12.1. The number of esters is 1. The summed E-state index contributed by atoms with van der Waals surface area (Å²) in [7, 11) is 0. The Bertz CT molecular complexity index is 626. The molecule has 0 spiro atoms. The van der Waals surface area contributed by atoms with Crippen LogP contribution in [0.25, 0.3) is 0 Å². The van der Waals surface area contributed by atoms with Gasteiger partial charge in [0.15, 0.2) is 0 Å². The lowest BCUT2D eigenvalue weighted by Gasteiger charge is -2.12. The Labute approximate surface area is 123 Å². The van der Waals surface area contributed by atoms with Crippen molar-refractivity contribution in [2.75, 3.05) is 17.7 Å². The van der Waals surface area contributed by atoms with E-state index in [4.69, 9.17) is 10.5 Å². The summed E-state index contributed by atoms with van der Waals surface area (Å²) in [6, 6.07) is 5.08. The first-order valence-corrected chi connectivity index (χ1v) is 6.68. The number of rotatable bonds is 5. The lowest BCUT2D eigenvalue weighted by atomic mass is 10.1. The highest BCUT2D eigenvalue weighted by atomic mass is 16.5. The van der Waals surface area contributed by atoms with E-state index in [-0.39, 0.29) is 0 Å². The minimum atomic E-state index is -0.401. The van der Waals surface area contributed by atoms with E-state index in [0.717, 1.165) is 11.4 Å². The maximum atomic E-state index is 11.9. The molecule has 2 rings (SSSR count). The van der Waals surface area contributed by atoms with Gasteiger partial charge >= 0.3 is 5.97 Å². The summed E-state index contributed by atoms with van der Waals surface area (Å²) in [6.45, 7) is 4.42. The molecule has 6 nitrogen and oxygen atoms in total. The average molecular weight is 286 g/mol. The van der Waals surface area contributed by atoms with E-state index in [1.165, 1.54) is 0 Å². The van der Waals surface area contributed by atoms with Gasteiger partial charge in [-0.2, -0.15) is 0 Å². The highest BCUT2D eigenvalue weighted by molar-refractivity contribution is 5.96. The molecule has 0 fully saturated rings. The predicted octanol–water partition coefficient (Wildman–Crippen LogP) is 2.16. The number of nitrogen functional groups attached to an aromatic ring is 1. The van der Waals surface area contributed by atoms with E-state index in [2.05, 4.69) is 15.3 Å². The Kier molecular flexibility index (Phi) is 4.71. The van der Waals surface area contributed by atoms with Crippen molar-refractivity contribution >= 4 is 17.3 Å². The summed E-state index contributed by atoms with van der Waals surface area (Å²) < 4.78 is 5.03. The Hall–Kier alpha value is -2.63. The molecule has 6 heteroatoms. The second kappa shape index (κ2) is 6.69. The van der Waals surface area contributed by atoms with Gasteiger partial charge in [0, 0.05) is 17.6 Å². The monoisotopic (exact) mass is 286 g/mol. The van der Waals surface area contributed by atoms with Gasteiger partial charge in [0.25, 0.3) is 0 Å². The lowest BCUT2D eigenvalue weighted by molar-refractivity contribution is 0.0527. The highest BCUT2D eigenvalue weighted by Gasteiger charge is 2.13. The predicted molar refractivity (Wildman–Crippen MR) is 80.9 cm³/mol. The Morgan fingerprint density at radius 3 is 2.81 bits per heavy atom. The number of carbonyl (C=O) groups excluding carboxylic acids is 1. The van der Waals surface area contributed by atoms with Crippen molar-refractivity contribution in [3.05, 3.63) is 47.5 Å². The second-order valence-corrected chi connectivity index (χ2v) is 4.53. The molecule has 0 saturated heterocycles. The quantitative estimate of drug-likeness (QED) is 0.646. The van der Waals surface area contributed by atoms with Crippen molar-refractivity contribution < 1.29 is 9.53 Å². The van der Waals surface area contributed by atoms with E-state index in [1.54, 1.807) is 37.5 Å². The van der Waals surface area contributed by atoms with Gasteiger partial charge in [-0.1, -0.05) is 0 Å². The summed E-state index contributed by atoms with van der Waals surface area (Å²) in [5.41, 5.74) is 8.96. The van der Waals surface area contributed by atoms with Crippen molar-refractivity contribution in [3.63, 3.8) is 0 Å². The van der Waals surface area contributed by atoms with Gasteiger partial charge in [-0.25, -0.2) is 4.79 Å². The molecule has 0 aliphatic rings. The van der Waals surface area contributed by atoms with E-state index in [9.17, 15) is 4.79 Å². The maximum absolute atomic E-state index is 11.9. The summed E-state index contributed by atoms with van der Waals surface area (Å²) >= 11 is 0. The standard InChI is InChI=1S/C15H18N4O2/c1-3-21-15(20)13-6-11(16)4-5-14(13)19-9-12-8-17-10(2)7-18-12/h4-8,19H,3,9,16H2,1-2H3. The average Bonchev–Trinajstić information content (AvgIpc) is 2.48. The Morgan fingerprint density at radius 2 is 2.14 bits per heavy atom. The van der Waals surface area contributed by atoms with Crippen LogP contribution in [0.5, 0.6) is 0 Å². The number of anilines is 2. The number of aromatic nitrogens is 2. The molecule has 1 aromatic heterocycles.